The summed E-state index contributed by atoms with van der Waals surface area (Å²) in [4.78, 5) is 14.7. The smallest absolute Gasteiger partial charge is 0.166 e. The van der Waals surface area contributed by atoms with E-state index in [0.717, 1.165) is 40.7 Å². The molecule has 0 fully saturated rings. The van der Waals surface area contributed by atoms with E-state index >= 15 is 0 Å². The summed E-state index contributed by atoms with van der Waals surface area (Å²) in [5.41, 5.74) is 7.62. The number of fused-ring (bicyclic) bond motifs is 1. The van der Waals surface area contributed by atoms with E-state index in [0.29, 0.717) is 12.4 Å². The van der Waals surface area contributed by atoms with Crippen molar-refractivity contribution in [3.8, 4) is 11.4 Å². The van der Waals surface area contributed by atoms with Crippen LogP contribution in [0, 0.1) is 13.8 Å². The van der Waals surface area contributed by atoms with Crippen LogP contribution in [-0.4, -0.2) is 26.1 Å². The van der Waals surface area contributed by atoms with Gasteiger partial charge in [-0.15, -0.1) is 11.3 Å². The first kappa shape index (κ1) is 24.7. The third-order valence-corrected chi connectivity index (χ3v) is 7.47. The van der Waals surface area contributed by atoms with E-state index in [4.69, 9.17) is 15.0 Å². The van der Waals surface area contributed by atoms with Gasteiger partial charge in [-0.25, -0.2) is 15.0 Å². The molecule has 5 nitrogen and oxygen atoms in total. The number of hydrogen-bond donors (Lipinski definition) is 1. The van der Waals surface area contributed by atoms with Gasteiger partial charge in [-0.05, 0) is 38.3 Å². The maximum atomic E-state index is 5.03. The molecule has 0 aliphatic carbocycles. The van der Waals surface area contributed by atoms with Crippen molar-refractivity contribution in [3.05, 3.63) is 105 Å². The van der Waals surface area contributed by atoms with E-state index in [1.807, 2.05) is 18.5 Å². The maximum absolute atomic E-state index is 5.03. The summed E-state index contributed by atoms with van der Waals surface area (Å²) in [6.45, 7) is 11.6. The summed E-state index contributed by atoms with van der Waals surface area (Å²) >= 11 is 1.69. The highest BCUT2D eigenvalue weighted by atomic mass is 32.1. The Morgan fingerprint density at radius 1 is 0.973 bits per heavy atom. The minimum atomic E-state index is 0.688. The summed E-state index contributed by atoms with van der Waals surface area (Å²) in [6, 6.07) is 17.3. The number of nitrogens with one attached hydrogen (secondary N) is 1. The molecular formula is C31H31N5S. The second-order valence-electron chi connectivity index (χ2n) is 9.21. The molecule has 0 radical (unpaired) electrons. The number of rotatable bonds is 8. The first-order valence-corrected chi connectivity index (χ1v) is 13.4. The van der Waals surface area contributed by atoms with E-state index in [9.17, 15) is 0 Å². The van der Waals surface area contributed by atoms with Crippen molar-refractivity contribution in [2.75, 3.05) is 11.9 Å². The highest BCUT2D eigenvalue weighted by Crippen LogP contribution is 2.24. The van der Waals surface area contributed by atoms with Crippen molar-refractivity contribution in [3.63, 3.8) is 0 Å². The molecule has 0 saturated heterocycles. The number of imidazole rings is 1. The topological polar surface area (TPSA) is 55.6 Å². The van der Waals surface area contributed by atoms with Crippen LogP contribution in [0.15, 0.2) is 72.9 Å². The molecule has 0 spiro atoms. The molecule has 5 aromatic rings. The number of aryl methyl sites for hydroxylation is 2. The van der Waals surface area contributed by atoms with Gasteiger partial charge in [0.05, 0.1) is 12.9 Å². The normalized spacial score (nSPS) is 12.4. The number of thiophene rings is 1. The Hall–Kier alpha value is -4.03. The Bertz CT molecular complexity index is 1660. The van der Waals surface area contributed by atoms with Crippen molar-refractivity contribution in [1.29, 1.82) is 0 Å². The van der Waals surface area contributed by atoms with Crippen LogP contribution >= 0.6 is 11.3 Å². The van der Waals surface area contributed by atoms with Gasteiger partial charge in [0.1, 0.15) is 5.52 Å². The van der Waals surface area contributed by atoms with Gasteiger partial charge in [-0.3, -0.25) is 0 Å². The molecule has 0 bridgehead atoms. The number of anilines is 1. The number of allylic oxidation sites excluding steroid dienone is 1. The van der Waals surface area contributed by atoms with Gasteiger partial charge in [0.25, 0.3) is 0 Å². The lowest BCUT2D eigenvalue weighted by Gasteiger charge is -2.10. The number of aromatic nitrogens is 4. The zero-order chi connectivity index (χ0) is 25.8. The fraction of sp³-hybridized carbons (Fsp3) is 0.194. The van der Waals surface area contributed by atoms with Crippen LogP contribution < -0.4 is 15.1 Å². The largest absolute Gasteiger partial charge is 0.368 e. The fourth-order valence-corrected chi connectivity index (χ4v) is 5.26. The lowest BCUT2D eigenvalue weighted by molar-refractivity contribution is 0.813. The Labute approximate surface area is 221 Å². The second-order valence-corrected chi connectivity index (χ2v) is 10.1. The van der Waals surface area contributed by atoms with Crippen molar-refractivity contribution < 1.29 is 0 Å². The molecule has 1 N–H and O–H groups in total. The quantitative estimate of drug-likeness (QED) is 0.296. The van der Waals surface area contributed by atoms with Gasteiger partial charge < -0.3 is 9.88 Å². The molecule has 0 aliphatic rings. The molecule has 37 heavy (non-hydrogen) atoms. The monoisotopic (exact) mass is 505 g/mol. The van der Waals surface area contributed by atoms with Crippen LogP contribution in [0.25, 0.3) is 34.7 Å². The summed E-state index contributed by atoms with van der Waals surface area (Å²) < 4.78 is 3.28. The number of nitrogens with zero attached hydrogens (tertiary/aromatic N) is 4. The number of benzene rings is 2. The third kappa shape index (κ3) is 5.39. The summed E-state index contributed by atoms with van der Waals surface area (Å²) in [6.07, 6.45) is 8.73. The molecule has 186 valence electrons. The number of hydrogen-bond acceptors (Lipinski definition) is 5. The van der Waals surface area contributed by atoms with Gasteiger partial charge in [0, 0.05) is 27.2 Å². The van der Waals surface area contributed by atoms with Crippen molar-refractivity contribution in [1.82, 2.24) is 19.5 Å². The summed E-state index contributed by atoms with van der Waals surface area (Å²) in [5, 5.41) is 6.78. The standard InChI is InChI=1S/C31H31N5S/c1-5-7-25-26(19-37-27(25)6-2)29-34-30(32-17-16-23-12-8-21(3)9-13-23)28-31(35-29)36(20-33-28)18-24-14-10-22(4)11-15-24/h5-15,19-20H,1,16-18H2,2-4H3,(H,32,34,35)/b25-7-,27-6+. The Morgan fingerprint density at radius 2 is 1.68 bits per heavy atom. The summed E-state index contributed by atoms with van der Waals surface area (Å²) in [7, 11) is 0. The maximum Gasteiger partial charge on any atom is 0.166 e. The Balaban J connectivity index is 1.56. The molecule has 0 saturated carbocycles. The molecule has 5 rings (SSSR count). The minimum Gasteiger partial charge on any atom is -0.368 e. The van der Waals surface area contributed by atoms with Crippen molar-refractivity contribution in [2.24, 2.45) is 0 Å². The lowest BCUT2D eigenvalue weighted by atomic mass is 10.1. The summed E-state index contributed by atoms with van der Waals surface area (Å²) in [5.74, 6) is 1.45. The highest BCUT2D eigenvalue weighted by molar-refractivity contribution is 7.08. The first-order chi connectivity index (χ1) is 18.1. The molecule has 0 atom stereocenters. The van der Waals surface area contributed by atoms with Gasteiger partial charge in [-0.2, -0.15) is 0 Å². The van der Waals surface area contributed by atoms with E-state index in [2.05, 4.69) is 97.2 Å². The zero-order valence-electron chi connectivity index (χ0n) is 21.5. The van der Waals surface area contributed by atoms with Crippen LogP contribution in [0.2, 0.25) is 0 Å². The highest BCUT2D eigenvalue weighted by Gasteiger charge is 2.16. The van der Waals surface area contributed by atoms with Crippen molar-refractivity contribution >= 4 is 40.5 Å². The molecular weight excluding hydrogens is 474 g/mol. The fourth-order valence-electron chi connectivity index (χ4n) is 4.34. The van der Waals surface area contributed by atoms with Gasteiger partial charge in [0.2, 0.25) is 0 Å². The van der Waals surface area contributed by atoms with Crippen LogP contribution in [0.3, 0.4) is 0 Å². The van der Waals surface area contributed by atoms with Gasteiger partial charge in [0.15, 0.2) is 17.3 Å². The second kappa shape index (κ2) is 10.9. The van der Waals surface area contributed by atoms with E-state index in [1.165, 1.54) is 26.8 Å². The molecule has 0 amide bonds. The molecule has 0 unspecified atom stereocenters. The van der Waals surface area contributed by atoms with Crippen molar-refractivity contribution in [2.45, 2.75) is 33.7 Å². The van der Waals surface area contributed by atoms with E-state index in [1.54, 1.807) is 11.3 Å². The first-order valence-electron chi connectivity index (χ1n) is 12.5. The van der Waals surface area contributed by atoms with Gasteiger partial charge >= 0.3 is 0 Å². The Kier molecular flexibility index (Phi) is 7.28. The SMILES string of the molecule is C=C/C=c1/c(-c2nc(NCCc3ccc(C)cc3)c3ncn(Cc4ccc(C)cc4)c3n2)cs/c1=C/C. The molecule has 0 aliphatic heterocycles. The van der Waals surface area contributed by atoms with Crippen LogP contribution in [0.1, 0.15) is 29.2 Å². The van der Waals surface area contributed by atoms with E-state index in [-0.39, 0.29) is 0 Å². The Morgan fingerprint density at radius 3 is 2.35 bits per heavy atom. The van der Waals surface area contributed by atoms with Gasteiger partial charge in [-0.1, -0.05) is 84.5 Å². The average Bonchev–Trinajstić information content (AvgIpc) is 3.50. The minimum absolute atomic E-state index is 0.688. The van der Waals surface area contributed by atoms with Crippen LogP contribution in [0.5, 0.6) is 0 Å². The predicted octanol–water partition coefficient (Wildman–Crippen LogP) is 5.64. The molecule has 3 heterocycles. The van der Waals surface area contributed by atoms with Crippen LogP contribution in [0.4, 0.5) is 5.82 Å². The molecule has 2 aromatic carbocycles. The predicted molar refractivity (Wildman–Crippen MR) is 156 cm³/mol. The third-order valence-electron chi connectivity index (χ3n) is 6.41. The molecule has 6 heteroatoms. The molecule has 3 aromatic heterocycles. The van der Waals surface area contributed by atoms with E-state index < -0.39 is 0 Å². The lowest BCUT2D eigenvalue weighted by Crippen LogP contribution is -2.20. The average molecular weight is 506 g/mol. The van der Waals surface area contributed by atoms with Crippen LogP contribution in [-0.2, 0) is 13.0 Å². The zero-order valence-corrected chi connectivity index (χ0v) is 22.3.